The molecule has 1 N–H and O–H groups in total. The zero-order valence-corrected chi connectivity index (χ0v) is 14.1. The van der Waals surface area contributed by atoms with E-state index in [-0.39, 0.29) is 30.9 Å². The van der Waals surface area contributed by atoms with Crippen LogP contribution in [0.3, 0.4) is 0 Å². The van der Waals surface area contributed by atoms with Crippen LogP contribution in [-0.2, 0) is 0 Å². The Bertz CT molecular complexity index is 424. The molecule has 0 bridgehead atoms. The highest BCUT2D eigenvalue weighted by Crippen LogP contribution is 2.30. The van der Waals surface area contributed by atoms with Crippen LogP contribution in [0.25, 0.3) is 0 Å². The molecular weight excluding hydrogens is 317 g/mol. The summed E-state index contributed by atoms with van der Waals surface area (Å²) in [5.74, 6) is -0.990. The fraction of sp³-hybridized carbons (Fsp3) is 0.600. The van der Waals surface area contributed by atoms with E-state index in [9.17, 15) is 8.78 Å². The van der Waals surface area contributed by atoms with Crippen molar-refractivity contribution in [2.75, 3.05) is 26.2 Å². The number of halogens is 4. The first-order valence-corrected chi connectivity index (χ1v) is 6.98. The molecule has 0 saturated carbocycles. The molecule has 2 rings (SSSR count). The molecule has 0 aliphatic carbocycles. The average Bonchev–Trinajstić information content (AvgIpc) is 2.40. The zero-order chi connectivity index (χ0) is 13.8. The smallest absolute Gasteiger partial charge is 0.163 e. The van der Waals surface area contributed by atoms with Crippen LogP contribution < -0.4 is 5.32 Å². The van der Waals surface area contributed by atoms with Gasteiger partial charge < -0.3 is 5.32 Å². The minimum atomic E-state index is -0.749. The second-order valence-electron chi connectivity index (χ2n) is 5.57. The normalized spacial score (nSPS) is 17.0. The van der Waals surface area contributed by atoms with Crippen molar-refractivity contribution in [3.05, 3.63) is 35.4 Å². The molecule has 1 saturated heterocycles. The number of hydrogen-bond acceptors (Lipinski definition) is 2. The Morgan fingerprint density at radius 2 is 1.76 bits per heavy atom. The Balaban J connectivity index is 0.00000200. The van der Waals surface area contributed by atoms with Crippen LogP contribution in [0.1, 0.15) is 31.9 Å². The Labute approximate surface area is 138 Å². The maximum absolute atomic E-state index is 14.0. The number of rotatable bonds is 4. The molecule has 1 aliphatic rings. The molecule has 1 aromatic rings. The molecule has 0 unspecified atom stereocenters. The van der Waals surface area contributed by atoms with Crippen LogP contribution in [0, 0.1) is 17.6 Å². The highest BCUT2D eigenvalue weighted by atomic mass is 35.5. The van der Waals surface area contributed by atoms with E-state index >= 15 is 0 Å². The molecule has 1 atom stereocenters. The van der Waals surface area contributed by atoms with Crippen molar-refractivity contribution in [1.29, 1.82) is 0 Å². The van der Waals surface area contributed by atoms with Crippen molar-refractivity contribution in [3.8, 4) is 0 Å². The molecule has 1 aromatic carbocycles. The summed E-state index contributed by atoms with van der Waals surface area (Å²) in [6, 6.07) is 4.47. The molecule has 2 nitrogen and oxygen atoms in total. The minimum Gasteiger partial charge on any atom is -0.314 e. The summed E-state index contributed by atoms with van der Waals surface area (Å²) in [6.07, 6.45) is 0.848. The van der Waals surface area contributed by atoms with Gasteiger partial charge in [0.2, 0.25) is 0 Å². The van der Waals surface area contributed by atoms with Gasteiger partial charge in [0.05, 0.1) is 0 Å². The quantitative estimate of drug-likeness (QED) is 0.896. The van der Waals surface area contributed by atoms with Crippen LogP contribution in [0.5, 0.6) is 0 Å². The summed E-state index contributed by atoms with van der Waals surface area (Å²) in [4.78, 5) is 2.26. The van der Waals surface area contributed by atoms with Gasteiger partial charge in [0.1, 0.15) is 0 Å². The molecule has 1 aliphatic heterocycles. The average molecular weight is 341 g/mol. The van der Waals surface area contributed by atoms with Gasteiger partial charge in [-0.2, -0.15) is 0 Å². The topological polar surface area (TPSA) is 15.3 Å². The molecule has 6 heteroatoms. The fourth-order valence-corrected chi connectivity index (χ4v) is 2.69. The summed E-state index contributed by atoms with van der Waals surface area (Å²) in [6.45, 7) is 7.82. The van der Waals surface area contributed by atoms with Gasteiger partial charge >= 0.3 is 0 Å². The summed E-state index contributed by atoms with van der Waals surface area (Å²) in [7, 11) is 0. The summed E-state index contributed by atoms with van der Waals surface area (Å²) in [5.41, 5.74) is 0.496. The molecule has 0 aromatic heterocycles. The van der Waals surface area contributed by atoms with Gasteiger partial charge in [-0.1, -0.05) is 26.0 Å². The van der Waals surface area contributed by atoms with Crippen molar-refractivity contribution in [2.24, 2.45) is 5.92 Å². The lowest BCUT2D eigenvalue weighted by Gasteiger charge is -2.36. The molecule has 0 spiro atoms. The van der Waals surface area contributed by atoms with E-state index < -0.39 is 11.6 Å². The van der Waals surface area contributed by atoms with Gasteiger partial charge in [0, 0.05) is 37.8 Å². The highest BCUT2D eigenvalue weighted by molar-refractivity contribution is 5.85. The second-order valence-corrected chi connectivity index (χ2v) is 5.57. The monoisotopic (exact) mass is 340 g/mol. The van der Waals surface area contributed by atoms with Gasteiger partial charge in [-0.15, -0.1) is 24.8 Å². The molecule has 1 heterocycles. The number of nitrogens with zero attached hydrogens (tertiary/aromatic N) is 1. The molecule has 0 radical (unpaired) electrons. The van der Waals surface area contributed by atoms with Crippen molar-refractivity contribution in [3.63, 3.8) is 0 Å². The number of piperazine rings is 1. The lowest BCUT2D eigenvalue weighted by atomic mass is 9.94. The molecule has 1 fully saturated rings. The predicted molar refractivity (Wildman–Crippen MR) is 87.5 cm³/mol. The van der Waals surface area contributed by atoms with E-state index in [1.165, 1.54) is 6.07 Å². The number of benzene rings is 1. The van der Waals surface area contributed by atoms with Crippen LogP contribution in [0.2, 0.25) is 0 Å². The van der Waals surface area contributed by atoms with E-state index in [0.29, 0.717) is 11.5 Å². The SMILES string of the molecule is CC(C)C[C@H](c1cccc(F)c1F)N1CCNCC1.Cl.Cl. The maximum Gasteiger partial charge on any atom is 0.163 e. The predicted octanol–water partition coefficient (Wildman–Crippen LogP) is 3.80. The second kappa shape index (κ2) is 9.57. The van der Waals surface area contributed by atoms with Crippen LogP contribution in [-0.4, -0.2) is 31.1 Å². The molecule has 21 heavy (non-hydrogen) atoms. The van der Waals surface area contributed by atoms with Gasteiger partial charge in [0.25, 0.3) is 0 Å². The Hall–Kier alpha value is -0.420. The fourth-order valence-electron chi connectivity index (χ4n) is 2.69. The van der Waals surface area contributed by atoms with Crippen LogP contribution >= 0.6 is 24.8 Å². The first-order valence-electron chi connectivity index (χ1n) is 6.98. The van der Waals surface area contributed by atoms with Crippen LogP contribution in [0.4, 0.5) is 8.78 Å². The van der Waals surface area contributed by atoms with Crippen molar-refractivity contribution in [1.82, 2.24) is 10.2 Å². The molecular formula is C15H24Cl2F2N2. The first-order chi connectivity index (χ1) is 9.09. The summed E-state index contributed by atoms with van der Waals surface area (Å²) >= 11 is 0. The van der Waals surface area contributed by atoms with Crippen molar-refractivity contribution in [2.45, 2.75) is 26.3 Å². The van der Waals surface area contributed by atoms with Crippen molar-refractivity contribution < 1.29 is 8.78 Å². The standard InChI is InChI=1S/C15H22F2N2.2ClH/c1-11(2)10-14(19-8-6-18-7-9-19)12-4-3-5-13(16)15(12)17;;/h3-5,11,14,18H,6-10H2,1-2H3;2*1H/t14-;;/m1../s1. The summed E-state index contributed by atoms with van der Waals surface area (Å²) in [5, 5.41) is 3.29. The summed E-state index contributed by atoms with van der Waals surface area (Å²) < 4.78 is 27.5. The van der Waals surface area contributed by atoms with Gasteiger partial charge in [-0.3, -0.25) is 4.90 Å². The number of hydrogen-bond donors (Lipinski definition) is 1. The maximum atomic E-state index is 14.0. The Morgan fingerprint density at radius 1 is 1.14 bits per heavy atom. The minimum absolute atomic E-state index is 0. The largest absolute Gasteiger partial charge is 0.314 e. The lowest BCUT2D eigenvalue weighted by molar-refractivity contribution is 0.150. The van der Waals surface area contributed by atoms with E-state index in [1.54, 1.807) is 12.1 Å². The first kappa shape index (κ1) is 20.6. The Kier molecular flexibility index (Phi) is 9.38. The number of nitrogens with one attached hydrogen (secondary N) is 1. The third-order valence-electron chi connectivity index (χ3n) is 3.63. The lowest BCUT2D eigenvalue weighted by Crippen LogP contribution is -2.45. The zero-order valence-electron chi connectivity index (χ0n) is 12.4. The van der Waals surface area contributed by atoms with Crippen LogP contribution in [0.15, 0.2) is 18.2 Å². The van der Waals surface area contributed by atoms with E-state index in [2.05, 4.69) is 24.1 Å². The van der Waals surface area contributed by atoms with E-state index in [1.807, 2.05) is 0 Å². The van der Waals surface area contributed by atoms with E-state index in [0.717, 1.165) is 32.6 Å². The van der Waals surface area contributed by atoms with Gasteiger partial charge in [0.15, 0.2) is 11.6 Å². The van der Waals surface area contributed by atoms with Crippen molar-refractivity contribution >= 4 is 24.8 Å². The van der Waals surface area contributed by atoms with Gasteiger partial charge in [-0.25, -0.2) is 8.78 Å². The molecule has 122 valence electrons. The highest BCUT2D eigenvalue weighted by Gasteiger charge is 2.26. The Morgan fingerprint density at radius 3 is 2.33 bits per heavy atom. The van der Waals surface area contributed by atoms with Gasteiger partial charge in [-0.05, 0) is 18.4 Å². The third-order valence-corrected chi connectivity index (χ3v) is 3.63. The third kappa shape index (κ3) is 5.37. The van der Waals surface area contributed by atoms with E-state index in [4.69, 9.17) is 0 Å². The molecule has 0 amide bonds.